The van der Waals surface area contributed by atoms with Gasteiger partial charge in [0.15, 0.2) is 6.04 Å². The quantitative estimate of drug-likeness (QED) is 0.794. The van der Waals surface area contributed by atoms with E-state index in [2.05, 4.69) is 15.0 Å². The number of hydrogen-bond donors (Lipinski definition) is 0. The van der Waals surface area contributed by atoms with E-state index in [1.54, 1.807) is 12.1 Å². The van der Waals surface area contributed by atoms with Crippen LogP contribution in [0.25, 0.3) is 11.1 Å². The minimum atomic E-state index is -4.39. The molecule has 8 heteroatoms. The molecular weight excluding hydrogens is 359 g/mol. The van der Waals surface area contributed by atoms with Crippen LogP contribution in [0.15, 0.2) is 47.3 Å². The summed E-state index contributed by atoms with van der Waals surface area (Å²) in [5, 5.41) is 0. The van der Waals surface area contributed by atoms with Gasteiger partial charge in [-0.2, -0.15) is 13.2 Å². The predicted octanol–water partition coefficient (Wildman–Crippen LogP) is 4.37. The van der Waals surface area contributed by atoms with Crippen molar-refractivity contribution < 1.29 is 22.6 Å². The third-order valence-electron chi connectivity index (χ3n) is 4.09. The van der Waals surface area contributed by atoms with Crippen LogP contribution in [0.3, 0.4) is 0 Å². The summed E-state index contributed by atoms with van der Waals surface area (Å²) in [6.07, 6.45) is -0.375. The number of rotatable bonds is 4. The van der Waals surface area contributed by atoms with Crippen molar-refractivity contribution in [3.05, 3.63) is 48.0 Å². The average Bonchev–Trinajstić information content (AvgIpc) is 2.61. The van der Waals surface area contributed by atoms with Crippen molar-refractivity contribution >= 4 is 6.21 Å². The van der Waals surface area contributed by atoms with Crippen LogP contribution in [-0.2, 0) is 0 Å². The number of methoxy groups -OCH3 is 1. The van der Waals surface area contributed by atoms with Crippen LogP contribution in [0.1, 0.15) is 12.6 Å². The fourth-order valence-electron chi connectivity index (χ4n) is 2.81. The first-order valence-electron chi connectivity index (χ1n) is 8.26. The van der Waals surface area contributed by atoms with Gasteiger partial charge in [0.2, 0.25) is 11.8 Å². The lowest BCUT2D eigenvalue weighted by atomic mass is 9.99. The van der Waals surface area contributed by atoms with Gasteiger partial charge >= 0.3 is 6.18 Å². The standard InChI is InChI=1S/C19H18F3N3O2/c1-11-9-13(10-24-16(11)19(20,21)22)27-17-14(5-4-8-23-17)15-7-6-12(2)25-18(15)26-3/h4-11,16H,1-3H3. The molecule has 0 saturated heterocycles. The van der Waals surface area contributed by atoms with Gasteiger partial charge in [-0.1, -0.05) is 6.92 Å². The Bertz CT molecular complexity index is 894. The number of nitrogens with zero attached hydrogens (tertiary/aromatic N) is 3. The maximum absolute atomic E-state index is 12.9. The second-order valence-corrected chi connectivity index (χ2v) is 6.16. The number of halogens is 3. The molecule has 0 radical (unpaired) electrons. The number of pyridine rings is 2. The number of alkyl halides is 3. The molecule has 0 aliphatic carbocycles. The van der Waals surface area contributed by atoms with Gasteiger partial charge in [0.25, 0.3) is 0 Å². The molecule has 0 saturated carbocycles. The molecule has 0 aromatic carbocycles. The van der Waals surface area contributed by atoms with Crippen LogP contribution in [0.2, 0.25) is 0 Å². The first kappa shape index (κ1) is 18.9. The van der Waals surface area contributed by atoms with Crippen LogP contribution in [0.5, 0.6) is 11.8 Å². The van der Waals surface area contributed by atoms with Crippen molar-refractivity contribution in [2.45, 2.75) is 26.1 Å². The Labute approximate surface area is 154 Å². The first-order valence-corrected chi connectivity index (χ1v) is 8.26. The zero-order valence-corrected chi connectivity index (χ0v) is 15.0. The molecular formula is C19H18F3N3O2. The van der Waals surface area contributed by atoms with E-state index in [1.807, 2.05) is 19.1 Å². The Morgan fingerprint density at radius 1 is 1.07 bits per heavy atom. The molecule has 0 spiro atoms. The summed E-state index contributed by atoms with van der Waals surface area (Å²) < 4.78 is 49.9. The summed E-state index contributed by atoms with van der Waals surface area (Å²) in [5.74, 6) is 0.0104. The molecule has 2 unspecified atom stereocenters. The Balaban J connectivity index is 1.92. The fourth-order valence-corrected chi connectivity index (χ4v) is 2.81. The lowest BCUT2D eigenvalue weighted by Crippen LogP contribution is -2.34. The van der Waals surface area contributed by atoms with E-state index in [0.717, 1.165) is 11.9 Å². The molecule has 1 aliphatic heterocycles. The molecule has 3 rings (SSSR count). The van der Waals surface area contributed by atoms with Gasteiger partial charge in [-0.25, -0.2) is 9.97 Å². The molecule has 0 amide bonds. The first-order chi connectivity index (χ1) is 12.8. The maximum Gasteiger partial charge on any atom is 0.411 e. The average molecular weight is 377 g/mol. The molecule has 2 aromatic rings. The lowest BCUT2D eigenvalue weighted by molar-refractivity contribution is -0.153. The number of dihydropyridines is 1. The van der Waals surface area contributed by atoms with Gasteiger partial charge in [0.05, 0.1) is 13.3 Å². The van der Waals surface area contributed by atoms with Crippen molar-refractivity contribution in [3.8, 4) is 22.9 Å². The normalized spacial score (nSPS) is 19.6. The molecule has 0 bridgehead atoms. The van der Waals surface area contributed by atoms with Crippen molar-refractivity contribution in [1.82, 2.24) is 9.97 Å². The summed E-state index contributed by atoms with van der Waals surface area (Å²) in [7, 11) is 1.51. The Morgan fingerprint density at radius 3 is 2.48 bits per heavy atom. The van der Waals surface area contributed by atoms with Gasteiger partial charge in [0, 0.05) is 28.9 Å². The molecule has 0 N–H and O–H groups in total. The molecule has 0 fully saturated rings. The predicted molar refractivity (Wildman–Crippen MR) is 95.0 cm³/mol. The third kappa shape index (κ3) is 4.10. The van der Waals surface area contributed by atoms with Crippen molar-refractivity contribution in [2.24, 2.45) is 10.9 Å². The van der Waals surface area contributed by atoms with E-state index in [4.69, 9.17) is 9.47 Å². The molecule has 2 aromatic heterocycles. The summed E-state index contributed by atoms with van der Waals surface area (Å²) in [5.41, 5.74) is 2.07. The van der Waals surface area contributed by atoms with Crippen molar-refractivity contribution in [3.63, 3.8) is 0 Å². The summed E-state index contributed by atoms with van der Waals surface area (Å²) in [4.78, 5) is 12.1. The second-order valence-electron chi connectivity index (χ2n) is 6.16. The van der Waals surface area contributed by atoms with E-state index in [9.17, 15) is 13.2 Å². The van der Waals surface area contributed by atoms with Gasteiger partial charge in [0.1, 0.15) is 5.76 Å². The summed E-state index contributed by atoms with van der Waals surface area (Å²) in [6, 6.07) is 5.39. The fraction of sp³-hybridized carbons (Fsp3) is 0.316. The second kappa shape index (κ2) is 7.38. The number of aliphatic imine (C=N–C) groups is 1. The number of hydrogen-bond acceptors (Lipinski definition) is 5. The highest BCUT2D eigenvalue weighted by atomic mass is 19.4. The van der Waals surface area contributed by atoms with Gasteiger partial charge < -0.3 is 9.47 Å². The molecule has 1 aliphatic rings. The van der Waals surface area contributed by atoms with Gasteiger partial charge in [-0.05, 0) is 37.3 Å². The highest BCUT2D eigenvalue weighted by Gasteiger charge is 2.43. The molecule has 3 heterocycles. The van der Waals surface area contributed by atoms with Crippen LogP contribution in [0.4, 0.5) is 13.2 Å². The third-order valence-corrected chi connectivity index (χ3v) is 4.09. The summed E-state index contributed by atoms with van der Waals surface area (Å²) in [6.45, 7) is 3.29. The van der Waals surface area contributed by atoms with Gasteiger partial charge in [-0.15, -0.1) is 0 Å². The maximum atomic E-state index is 12.9. The van der Waals surface area contributed by atoms with E-state index in [1.165, 1.54) is 26.3 Å². The smallest absolute Gasteiger partial charge is 0.411 e. The highest BCUT2D eigenvalue weighted by Crippen LogP contribution is 2.36. The number of allylic oxidation sites excluding steroid dienone is 1. The van der Waals surface area contributed by atoms with Crippen LogP contribution >= 0.6 is 0 Å². The SMILES string of the molecule is COc1nc(C)ccc1-c1cccnc1OC1=CC(C)C(C(F)(F)F)N=C1. The molecule has 27 heavy (non-hydrogen) atoms. The summed E-state index contributed by atoms with van der Waals surface area (Å²) >= 11 is 0. The molecule has 5 nitrogen and oxygen atoms in total. The van der Waals surface area contributed by atoms with Crippen LogP contribution in [-0.4, -0.2) is 35.5 Å². The Morgan fingerprint density at radius 2 is 1.81 bits per heavy atom. The largest absolute Gasteiger partial charge is 0.481 e. The van der Waals surface area contributed by atoms with Gasteiger partial charge in [-0.3, -0.25) is 4.99 Å². The van der Waals surface area contributed by atoms with Crippen molar-refractivity contribution in [2.75, 3.05) is 7.11 Å². The minimum absolute atomic E-state index is 0.210. The zero-order valence-electron chi connectivity index (χ0n) is 15.0. The topological polar surface area (TPSA) is 56.6 Å². The highest BCUT2D eigenvalue weighted by molar-refractivity contribution is 5.79. The molecule has 142 valence electrons. The van der Waals surface area contributed by atoms with E-state index >= 15 is 0 Å². The van der Waals surface area contributed by atoms with E-state index < -0.39 is 18.1 Å². The molecule has 2 atom stereocenters. The monoisotopic (exact) mass is 377 g/mol. The van der Waals surface area contributed by atoms with Crippen LogP contribution in [0, 0.1) is 12.8 Å². The number of ether oxygens (including phenoxy) is 2. The number of aryl methyl sites for hydroxylation is 1. The number of aromatic nitrogens is 2. The Kier molecular flexibility index (Phi) is 5.16. The van der Waals surface area contributed by atoms with Crippen molar-refractivity contribution in [1.29, 1.82) is 0 Å². The lowest BCUT2D eigenvalue weighted by Gasteiger charge is -2.24. The van der Waals surface area contributed by atoms with E-state index in [0.29, 0.717) is 17.0 Å². The van der Waals surface area contributed by atoms with Crippen LogP contribution < -0.4 is 9.47 Å². The van der Waals surface area contributed by atoms with E-state index in [-0.39, 0.29) is 11.6 Å². The minimum Gasteiger partial charge on any atom is -0.481 e. The zero-order chi connectivity index (χ0) is 19.6. The Hall–Kier alpha value is -2.90.